The van der Waals surface area contributed by atoms with E-state index in [1.54, 1.807) is 11.1 Å². The van der Waals surface area contributed by atoms with E-state index in [1.165, 1.54) is 0 Å². The SMILES string of the molecule is CCc1ccccc1NC(=O)c1cnn(-c2ccc(C)c(Cl)c2)c1C1CCN(C(=O)OC(C)(C)C)CC1. The number of hydrogen-bond donors (Lipinski definition) is 1. The van der Waals surface area contributed by atoms with Gasteiger partial charge in [0.2, 0.25) is 0 Å². The molecule has 1 N–H and O–H groups in total. The number of benzene rings is 2. The number of carbonyl (C=O) groups is 2. The third-order valence-corrected chi connectivity index (χ3v) is 7.04. The molecule has 1 aromatic heterocycles. The largest absolute Gasteiger partial charge is 0.444 e. The minimum absolute atomic E-state index is 0.0310. The summed E-state index contributed by atoms with van der Waals surface area (Å²) in [4.78, 5) is 27.9. The summed E-state index contributed by atoms with van der Waals surface area (Å²) in [5.41, 5.74) is 4.45. The van der Waals surface area contributed by atoms with Gasteiger partial charge in [-0.3, -0.25) is 4.79 Å². The van der Waals surface area contributed by atoms with Crippen LogP contribution in [-0.2, 0) is 11.2 Å². The summed E-state index contributed by atoms with van der Waals surface area (Å²) < 4.78 is 7.38. The average molecular weight is 523 g/mol. The molecular weight excluding hydrogens is 488 g/mol. The van der Waals surface area contributed by atoms with E-state index in [-0.39, 0.29) is 17.9 Å². The van der Waals surface area contributed by atoms with Crippen molar-refractivity contribution < 1.29 is 14.3 Å². The van der Waals surface area contributed by atoms with Crippen LogP contribution in [0.15, 0.2) is 48.7 Å². The second-order valence-electron chi connectivity index (χ2n) is 10.5. The fraction of sp³-hybridized carbons (Fsp3) is 0.414. The van der Waals surface area contributed by atoms with Gasteiger partial charge in [-0.15, -0.1) is 0 Å². The summed E-state index contributed by atoms with van der Waals surface area (Å²) >= 11 is 6.44. The number of aryl methyl sites for hydroxylation is 2. The van der Waals surface area contributed by atoms with Crippen molar-refractivity contribution in [3.05, 3.63) is 76.1 Å². The Morgan fingerprint density at radius 1 is 1.14 bits per heavy atom. The number of carbonyl (C=O) groups excluding carboxylic acids is 2. The van der Waals surface area contributed by atoms with E-state index < -0.39 is 5.60 Å². The van der Waals surface area contributed by atoms with Crippen molar-refractivity contribution in [1.82, 2.24) is 14.7 Å². The smallest absolute Gasteiger partial charge is 0.410 e. The number of amides is 2. The molecule has 2 heterocycles. The fourth-order valence-corrected chi connectivity index (χ4v) is 4.82. The van der Waals surface area contributed by atoms with Crippen LogP contribution >= 0.6 is 11.6 Å². The quantitative estimate of drug-likeness (QED) is 0.401. The van der Waals surface area contributed by atoms with Gasteiger partial charge >= 0.3 is 6.09 Å². The molecule has 0 saturated carbocycles. The second kappa shape index (κ2) is 11.0. The molecule has 0 aliphatic carbocycles. The van der Waals surface area contributed by atoms with Gasteiger partial charge in [-0.1, -0.05) is 42.8 Å². The van der Waals surface area contributed by atoms with Gasteiger partial charge in [0, 0.05) is 29.7 Å². The Hall–Kier alpha value is -3.32. The molecule has 7 nitrogen and oxygen atoms in total. The summed E-state index contributed by atoms with van der Waals surface area (Å²) in [6.07, 6.45) is 3.52. The predicted octanol–water partition coefficient (Wildman–Crippen LogP) is 6.76. The van der Waals surface area contributed by atoms with Crippen molar-refractivity contribution >= 4 is 29.3 Å². The van der Waals surface area contributed by atoms with Gasteiger partial charge in [-0.05, 0) is 76.3 Å². The topological polar surface area (TPSA) is 76.5 Å². The molecule has 37 heavy (non-hydrogen) atoms. The van der Waals surface area contributed by atoms with Crippen LogP contribution in [0.2, 0.25) is 5.02 Å². The zero-order valence-electron chi connectivity index (χ0n) is 22.2. The van der Waals surface area contributed by atoms with Crippen LogP contribution in [0.25, 0.3) is 5.69 Å². The molecule has 0 bridgehead atoms. The minimum atomic E-state index is -0.544. The normalized spacial score (nSPS) is 14.5. The molecule has 196 valence electrons. The minimum Gasteiger partial charge on any atom is -0.444 e. The summed E-state index contributed by atoms with van der Waals surface area (Å²) in [5.74, 6) is -0.168. The first kappa shape index (κ1) is 26.7. The number of piperidine rings is 1. The lowest BCUT2D eigenvalue weighted by molar-refractivity contribution is 0.0203. The summed E-state index contributed by atoms with van der Waals surface area (Å²) in [7, 11) is 0. The first-order chi connectivity index (χ1) is 17.6. The van der Waals surface area contributed by atoms with Crippen LogP contribution in [0.4, 0.5) is 10.5 Å². The Bertz CT molecular complexity index is 1290. The number of rotatable bonds is 5. The third kappa shape index (κ3) is 6.16. The van der Waals surface area contributed by atoms with Crippen molar-refractivity contribution in [3.8, 4) is 5.69 Å². The molecule has 2 aromatic carbocycles. The van der Waals surface area contributed by atoms with E-state index in [1.807, 2.05) is 74.8 Å². The first-order valence-electron chi connectivity index (χ1n) is 12.8. The number of anilines is 1. The number of nitrogens with zero attached hydrogens (tertiary/aromatic N) is 3. The van der Waals surface area contributed by atoms with Crippen molar-refractivity contribution in [2.75, 3.05) is 18.4 Å². The molecule has 8 heteroatoms. The Kier molecular flexibility index (Phi) is 7.93. The second-order valence-corrected chi connectivity index (χ2v) is 10.9. The molecule has 0 unspecified atom stereocenters. The Morgan fingerprint density at radius 2 is 1.84 bits per heavy atom. The highest BCUT2D eigenvalue weighted by molar-refractivity contribution is 6.31. The molecule has 0 spiro atoms. The standard InChI is InChI=1S/C29H35ClN4O3/c1-6-20-9-7-8-10-25(20)32-27(35)23-18-31-34(22-12-11-19(2)24(30)17-22)26(23)21-13-15-33(16-14-21)28(36)37-29(3,4)5/h7-12,17-18,21H,6,13-16H2,1-5H3,(H,32,35). The highest BCUT2D eigenvalue weighted by atomic mass is 35.5. The molecule has 1 fully saturated rings. The maximum Gasteiger partial charge on any atom is 0.410 e. The van der Waals surface area contributed by atoms with Crippen LogP contribution in [0.5, 0.6) is 0 Å². The average Bonchev–Trinajstić information content (AvgIpc) is 3.30. The Labute approximate surface area is 223 Å². The zero-order valence-corrected chi connectivity index (χ0v) is 22.9. The van der Waals surface area contributed by atoms with Crippen LogP contribution in [0.1, 0.15) is 73.6 Å². The molecule has 1 saturated heterocycles. The molecule has 1 aliphatic rings. The molecule has 1 aliphatic heterocycles. The molecular formula is C29H35ClN4O3. The maximum absolute atomic E-state index is 13.6. The number of nitrogens with one attached hydrogen (secondary N) is 1. The van der Waals surface area contributed by atoms with Crippen molar-refractivity contribution in [3.63, 3.8) is 0 Å². The van der Waals surface area contributed by atoms with Gasteiger partial charge in [0.25, 0.3) is 5.91 Å². The molecule has 3 aromatic rings. The van der Waals surface area contributed by atoms with E-state index in [0.717, 1.165) is 34.6 Å². The predicted molar refractivity (Wildman–Crippen MR) is 147 cm³/mol. The van der Waals surface area contributed by atoms with Crippen molar-refractivity contribution in [2.24, 2.45) is 0 Å². The molecule has 4 rings (SSSR count). The Morgan fingerprint density at radius 3 is 2.49 bits per heavy atom. The van der Waals surface area contributed by atoms with Crippen LogP contribution in [-0.4, -0.2) is 45.4 Å². The summed E-state index contributed by atoms with van der Waals surface area (Å²) in [5, 5.41) is 8.36. The van der Waals surface area contributed by atoms with Crippen molar-refractivity contribution in [1.29, 1.82) is 0 Å². The van der Waals surface area contributed by atoms with Gasteiger partial charge in [-0.25, -0.2) is 9.48 Å². The highest BCUT2D eigenvalue weighted by Gasteiger charge is 2.32. The third-order valence-electron chi connectivity index (χ3n) is 6.63. The molecule has 0 radical (unpaired) electrons. The van der Waals surface area contributed by atoms with Gasteiger partial charge in [0.05, 0.1) is 23.1 Å². The first-order valence-corrected chi connectivity index (χ1v) is 13.2. The highest BCUT2D eigenvalue weighted by Crippen LogP contribution is 2.34. The van der Waals surface area contributed by atoms with E-state index in [2.05, 4.69) is 17.3 Å². The Balaban J connectivity index is 1.65. The number of ether oxygens (including phenoxy) is 1. The van der Waals surface area contributed by atoms with Crippen LogP contribution in [0.3, 0.4) is 0 Å². The number of aromatic nitrogens is 2. The van der Waals surface area contributed by atoms with E-state index in [0.29, 0.717) is 36.5 Å². The molecule has 0 atom stereocenters. The van der Waals surface area contributed by atoms with Gasteiger partial charge in [0.1, 0.15) is 5.60 Å². The van der Waals surface area contributed by atoms with Crippen LogP contribution < -0.4 is 5.32 Å². The maximum atomic E-state index is 13.6. The van der Waals surface area contributed by atoms with Crippen LogP contribution in [0, 0.1) is 6.92 Å². The number of hydrogen-bond acceptors (Lipinski definition) is 4. The number of para-hydroxylation sites is 1. The zero-order chi connectivity index (χ0) is 26.7. The van der Waals surface area contributed by atoms with Gasteiger partial charge in [0.15, 0.2) is 0 Å². The van der Waals surface area contributed by atoms with E-state index in [4.69, 9.17) is 16.3 Å². The van der Waals surface area contributed by atoms with Gasteiger partial charge in [-0.2, -0.15) is 5.10 Å². The fourth-order valence-electron chi connectivity index (χ4n) is 4.65. The number of halogens is 1. The number of likely N-dealkylation sites (tertiary alicyclic amines) is 1. The lowest BCUT2D eigenvalue weighted by atomic mass is 9.90. The summed E-state index contributed by atoms with van der Waals surface area (Å²) in [6.45, 7) is 10.7. The van der Waals surface area contributed by atoms with E-state index in [9.17, 15) is 9.59 Å². The lowest BCUT2D eigenvalue weighted by Gasteiger charge is -2.34. The lowest BCUT2D eigenvalue weighted by Crippen LogP contribution is -2.41. The summed E-state index contributed by atoms with van der Waals surface area (Å²) in [6, 6.07) is 13.6. The van der Waals surface area contributed by atoms with E-state index >= 15 is 0 Å². The van der Waals surface area contributed by atoms with Gasteiger partial charge < -0.3 is 15.0 Å². The monoisotopic (exact) mass is 522 g/mol. The molecule has 2 amide bonds. The van der Waals surface area contributed by atoms with Crippen molar-refractivity contribution in [2.45, 2.75) is 65.4 Å².